The summed E-state index contributed by atoms with van der Waals surface area (Å²) in [7, 11) is 0. The van der Waals surface area contributed by atoms with Gasteiger partial charge in [-0.05, 0) is 0 Å². The first-order valence-corrected chi connectivity index (χ1v) is 4.70. The molecule has 0 spiro atoms. The molecule has 2 heteroatoms. The fraction of sp³-hybridized carbons (Fsp3) is 0.375. The molecule has 0 amide bonds. The first kappa shape index (κ1) is 8.05. The van der Waals surface area contributed by atoms with E-state index in [1.807, 2.05) is 6.20 Å². The van der Waals surface area contributed by atoms with Gasteiger partial charge in [0.1, 0.15) is 0 Å². The normalized spacial score (nSPS) is 10.0. The van der Waals surface area contributed by atoms with Crippen molar-refractivity contribution in [3.63, 3.8) is 0 Å². The molecule has 0 saturated heterocycles. The Morgan fingerprint density at radius 1 is 1.20 bits per heavy atom. The van der Waals surface area contributed by atoms with E-state index < -0.39 is 0 Å². The van der Waals surface area contributed by atoms with Gasteiger partial charge in [-0.3, -0.25) is 0 Å². The number of rotatable bonds is 0. The molecule has 0 saturated carbocycles. The van der Waals surface area contributed by atoms with Gasteiger partial charge in [-0.1, -0.05) is 0 Å². The van der Waals surface area contributed by atoms with E-state index in [0.29, 0.717) is 0 Å². The van der Waals surface area contributed by atoms with E-state index in [2.05, 4.69) is 25.8 Å². The van der Waals surface area contributed by atoms with Gasteiger partial charge in [0.05, 0.1) is 0 Å². The van der Waals surface area contributed by atoms with Gasteiger partial charge in [0.25, 0.3) is 0 Å². The summed E-state index contributed by atoms with van der Waals surface area (Å²) in [6.45, 7) is 6.39. The monoisotopic (exact) mass is 240 g/mol. The predicted molar refractivity (Wildman–Crippen MR) is 43.8 cm³/mol. The zero-order valence-electron chi connectivity index (χ0n) is 6.52. The summed E-state index contributed by atoms with van der Waals surface area (Å²) >= 11 is 1.41. The summed E-state index contributed by atoms with van der Waals surface area (Å²) in [5.74, 6) is 0. The number of hydrogen-bond acceptors (Lipinski definition) is 1. The molecule has 1 aromatic rings. The number of pyridine rings is 1. The van der Waals surface area contributed by atoms with Crippen LogP contribution < -0.4 is 3.71 Å². The van der Waals surface area contributed by atoms with Crippen LogP contribution in [0.15, 0.2) is 6.20 Å². The number of aryl methyl sites for hydroxylation is 1. The van der Waals surface area contributed by atoms with Crippen molar-refractivity contribution in [3.05, 3.63) is 22.9 Å². The van der Waals surface area contributed by atoms with Crippen LogP contribution in [0.25, 0.3) is 0 Å². The molecule has 1 nitrogen and oxygen atoms in total. The molecular weight excluding hydrogens is 229 g/mol. The average Bonchev–Trinajstić information content (AvgIpc) is 1.93. The first-order chi connectivity index (χ1) is 4.63. The SMILES string of the molecule is Cc1cn[c]([Sn])c(C)c1C. The van der Waals surface area contributed by atoms with Crippen LogP contribution in [0, 0.1) is 20.8 Å². The predicted octanol–water partition coefficient (Wildman–Crippen LogP) is 0.801. The second kappa shape index (κ2) is 2.91. The summed E-state index contributed by atoms with van der Waals surface area (Å²) in [4.78, 5) is 4.28. The molecule has 0 unspecified atom stereocenters. The Labute approximate surface area is 75.0 Å². The summed E-state index contributed by atoms with van der Waals surface area (Å²) in [5, 5.41) is 0. The molecule has 51 valence electrons. The molecule has 0 N–H and O–H groups in total. The van der Waals surface area contributed by atoms with Gasteiger partial charge in [0.15, 0.2) is 0 Å². The number of aromatic nitrogens is 1. The minimum atomic E-state index is 1.23. The van der Waals surface area contributed by atoms with Crippen molar-refractivity contribution in [2.75, 3.05) is 0 Å². The number of nitrogens with zero attached hydrogens (tertiary/aromatic N) is 1. The third-order valence-corrected chi connectivity index (χ3v) is 3.34. The Balaban J connectivity index is 3.34. The molecule has 1 aromatic heterocycles. The van der Waals surface area contributed by atoms with E-state index in [0.717, 1.165) is 0 Å². The number of hydrogen-bond donors (Lipinski definition) is 0. The molecule has 0 bridgehead atoms. The summed E-state index contributed by atoms with van der Waals surface area (Å²) in [5.41, 5.74) is 4.05. The Hall–Kier alpha value is -0.0513. The van der Waals surface area contributed by atoms with E-state index >= 15 is 0 Å². The van der Waals surface area contributed by atoms with Crippen molar-refractivity contribution in [2.45, 2.75) is 20.8 Å². The van der Waals surface area contributed by atoms with Gasteiger partial charge in [0.2, 0.25) is 0 Å². The molecule has 1 rings (SSSR count). The molecule has 0 fully saturated rings. The van der Waals surface area contributed by atoms with E-state index in [9.17, 15) is 0 Å². The minimum absolute atomic E-state index is 1.23. The molecule has 0 aliphatic heterocycles. The third kappa shape index (κ3) is 1.34. The van der Waals surface area contributed by atoms with Crippen LogP contribution in [-0.2, 0) is 0 Å². The molecule has 0 aliphatic rings. The second-order valence-electron chi connectivity index (χ2n) is 2.54. The molecule has 10 heavy (non-hydrogen) atoms. The fourth-order valence-corrected chi connectivity index (χ4v) is 1.55. The third-order valence-electron chi connectivity index (χ3n) is 1.90. The zero-order valence-corrected chi connectivity index (χ0v) is 9.38. The van der Waals surface area contributed by atoms with Gasteiger partial charge in [-0.15, -0.1) is 0 Å². The van der Waals surface area contributed by atoms with Crippen molar-refractivity contribution >= 4 is 26.2 Å². The Morgan fingerprint density at radius 3 is 2.30 bits per heavy atom. The molecule has 0 aliphatic carbocycles. The second-order valence-corrected chi connectivity index (χ2v) is 3.89. The zero-order chi connectivity index (χ0) is 7.72. The van der Waals surface area contributed by atoms with Gasteiger partial charge in [0, 0.05) is 0 Å². The summed E-state index contributed by atoms with van der Waals surface area (Å²) < 4.78 is 1.23. The fourth-order valence-electron chi connectivity index (χ4n) is 0.828. The van der Waals surface area contributed by atoms with Gasteiger partial charge >= 0.3 is 74.9 Å². The van der Waals surface area contributed by atoms with Gasteiger partial charge in [-0.2, -0.15) is 0 Å². The van der Waals surface area contributed by atoms with Crippen LogP contribution in [0.3, 0.4) is 0 Å². The van der Waals surface area contributed by atoms with Gasteiger partial charge in [-0.25, -0.2) is 0 Å². The maximum atomic E-state index is 4.28. The van der Waals surface area contributed by atoms with Crippen molar-refractivity contribution in [1.82, 2.24) is 4.98 Å². The van der Waals surface area contributed by atoms with Crippen LogP contribution in [-0.4, -0.2) is 27.5 Å². The van der Waals surface area contributed by atoms with E-state index in [1.54, 1.807) is 0 Å². The quantitative estimate of drug-likeness (QED) is 0.610. The topological polar surface area (TPSA) is 12.9 Å². The Morgan fingerprint density at radius 2 is 1.80 bits per heavy atom. The molecule has 1 heterocycles. The first-order valence-electron chi connectivity index (χ1n) is 3.27. The van der Waals surface area contributed by atoms with Crippen LogP contribution in [0.2, 0.25) is 0 Å². The Kier molecular flexibility index (Phi) is 2.34. The van der Waals surface area contributed by atoms with Crippen molar-refractivity contribution in [2.24, 2.45) is 0 Å². The van der Waals surface area contributed by atoms with Crippen molar-refractivity contribution in [3.8, 4) is 0 Å². The molecule has 3 radical (unpaired) electrons. The maximum absolute atomic E-state index is 4.28. The van der Waals surface area contributed by atoms with Crippen molar-refractivity contribution in [1.29, 1.82) is 0 Å². The summed E-state index contributed by atoms with van der Waals surface area (Å²) in [6, 6.07) is 0. The molecular formula is C8H10NSn. The van der Waals surface area contributed by atoms with Crippen LogP contribution in [0.4, 0.5) is 0 Å². The van der Waals surface area contributed by atoms with Crippen LogP contribution >= 0.6 is 0 Å². The average molecular weight is 239 g/mol. The van der Waals surface area contributed by atoms with Crippen molar-refractivity contribution < 1.29 is 0 Å². The van der Waals surface area contributed by atoms with Gasteiger partial charge < -0.3 is 0 Å². The Bertz CT molecular complexity index is 229. The molecule has 0 atom stereocenters. The molecule has 0 aromatic carbocycles. The van der Waals surface area contributed by atoms with Crippen LogP contribution in [0.1, 0.15) is 16.7 Å². The van der Waals surface area contributed by atoms with Crippen LogP contribution in [0.5, 0.6) is 0 Å². The van der Waals surface area contributed by atoms with E-state index in [-0.39, 0.29) is 0 Å². The van der Waals surface area contributed by atoms with E-state index in [4.69, 9.17) is 0 Å². The van der Waals surface area contributed by atoms with E-state index in [1.165, 1.54) is 42.9 Å². The standard InChI is InChI=1S/C8H10N.Sn/c1-6-4-9-5-7(2)8(6)3;/h4H,1-3H3;. The summed E-state index contributed by atoms with van der Waals surface area (Å²) in [6.07, 6.45) is 1.95.